The molecule has 0 saturated carbocycles. The lowest BCUT2D eigenvalue weighted by Gasteiger charge is -2.31. The average Bonchev–Trinajstić information content (AvgIpc) is 2.34. The number of halogens is 6. The zero-order valence-corrected chi connectivity index (χ0v) is 10.6. The van der Waals surface area contributed by atoms with Crippen LogP contribution < -0.4 is 4.74 Å². The maximum atomic E-state index is 12.9. The van der Waals surface area contributed by atoms with Gasteiger partial charge in [0.15, 0.2) is 5.60 Å². The van der Waals surface area contributed by atoms with Crippen molar-refractivity contribution in [3.8, 4) is 5.75 Å². The fraction of sp³-hybridized carbons (Fsp3) is 0.500. The minimum Gasteiger partial charge on any atom is -0.496 e. The van der Waals surface area contributed by atoms with Crippen molar-refractivity contribution in [1.29, 1.82) is 0 Å². The zero-order chi connectivity index (χ0) is 15.8. The van der Waals surface area contributed by atoms with Crippen molar-refractivity contribution in [2.75, 3.05) is 7.11 Å². The zero-order valence-electron chi connectivity index (χ0n) is 10.6. The Morgan fingerprint density at radius 1 is 1.10 bits per heavy atom. The molecular formula is C12H12F6O2. The first-order valence-electron chi connectivity index (χ1n) is 5.52. The van der Waals surface area contributed by atoms with E-state index in [4.69, 9.17) is 0 Å². The largest absolute Gasteiger partial charge is 0.496 e. The molecule has 0 aliphatic rings. The first-order valence-corrected chi connectivity index (χ1v) is 5.52. The minimum atomic E-state index is -5.13. The molecule has 114 valence electrons. The molecule has 0 bridgehead atoms. The second-order valence-corrected chi connectivity index (χ2v) is 4.12. The van der Waals surface area contributed by atoms with E-state index in [1.807, 2.05) is 0 Å². The first kappa shape index (κ1) is 16.6. The van der Waals surface area contributed by atoms with Gasteiger partial charge in [0, 0.05) is 5.56 Å². The number of methoxy groups -OCH3 is 1. The minimum absolute atomic E-state index is 0.260. The van der Waals surface area contributed by atoms with E-state index >= 15 is 0 Å². The monoisotopic (exact) mass is 302 g/mol. The molecular weight excluding hydrogens is 290 g/mol. The summed E-state index contributed by atoms with van der Waals surface area (Å²) < 4.78 is 81.2. The number of ether oxygens (including phenoxy) is 1. The third-order valence-electron chi connectivity index (χ3n) is 2.95. The summed E-state index contributed by atoms with van der Waals surface area (Å²) in [5.74, 6) is -0.459. The number of benzene rings is 1. The molecule has 0 spiro atoms. The predicted molar refractivity (Wildman–Crippen MR) is 58.2 cm³/mol. The van der Waals surface area contributed by atoms with Gasteiger partial charge < -0.3 is 9.84 Å². The second-order valence-electron chi connectivity index (χ2n) is 4.12. The van der Waals surface area contributed by atoms with Crippen molar-refractivity contribution < 1.29 is 36.2 Å². The van der Waals surface area contributed by atoms with E-state index in [-0.39, 0.29) is 6.07 Å². The molecule has 20 heavy (non-hydrogen) atoms. The Kier molecular flexibility index (Phi) is 4.28. The number of rotatable bonds is 3. The highest BCUT2D eigenvalue weighted by Crippen LogP contribution is 2.46. The third-order valence-corrected chi connectivity index (χ3v) is 2.95. The molecule has 1 atom stereocenters. The molecule has 0 aliphatic heterocycles. The Bertz CT molecular complexity index is 480. The van der Waals surface area contributed by atoms with Gasteiger partial charge in [0.05, 0.1) is 12.7 Å². The molecule has 1 rings (SSSR count). The van der Waals surface area contributed by atoms with Gasteiger partial charge in [-0.05, 0) is 24.6 Å². The summed E-state index contributed by atoms with van der Waals surface area (Å²) in [4.78, 5) is 0. The van der Waals surface area contributed by atoms with Crippen LogP contribution in [0.3, 0.4) is 0 Å². The average molecular weight is 302 g/mol. The maximum Gasteiger partial charge on any atom is 0.421 e. The van der Waals surface area contributed by atoms with Gasteiger partial charge in [0.25, 0.3) is 0 Å². The number of hydrogen-bond donors (Lipinski definition) is 1. The summed E-state index contributed by atoms with van der Waals surface area (Å²) >= 11 is 0. The third kappa shape index (κ3) is 2.84. The van der Waals surface area contributed by atoms with Crippen molar-refractivity contribution in [2.45, 2.75) is 31.3 Å². The Balaban J connectivity index is 3.55. The Morgan fingerprint density at radius 2 is 1.65 bits per heavy atom. The topological polar surface area (TPSA) is 29.5 Å². The van der Waals surface area contributed by atoms with Gasteiger partial charge in [0.1, 0.15) is 5.75 Å². The summed E-state index contributed by atoms with van der Waals surface area (Å²) in [7, 11) is 1.01. The molecule has 2 nitrogen and oxygen atoms in total. The molecule has 0 amide bonds. The lowest BCUT2D eigenvalue weighted by Crippen LogP contribution is -2.42. The summed E-state index contributed by atoms with van der Waals surface area (Å²) in [5.41, 5.74) is -5.64. The van der Waals surface area contributed by atoms with Crippen LogP contribution in [0.25, 0.3) is 0 Å². The van der Waals surface area contributed by atoms with Gasteiger partial charge in [-0.25, -0.2) is 0 Å². The quantitative estimate of drug-likeness (QED) is 0.859. The van der Waals surface area contributed by atoms with Gasteiger partial charge >= 0.3 is 12.4 Å². The van der Waals surface area contributed by atoms with E-state index < -0.39 is 41.3 Å². The van der Waals surface area contributed by atoms with Crippen LogP contribution in [0.5, 0.6) is 5.75 Å². The highest BCUT2D eigenvalue weighted by molar-refractivity contribution is 5.43. The number of aliphatic hydroxyl groups is 1. The van der Waals surface area contributed by atoms with Gasteiger partial charge in [-0.2, -0.15) is 26.3 Å². The van der Waals surface area contributed by atoms with Crippen molar-refractivity contribution in [2.24, 2.45) is 0 Å². The molecule has 0 heterocycles. The molecule has 0 saturated heterocycles. The van der Waals surface area contributed by atoms with Crippen LogP contribution in [-0.4, -0.2) is 18.4 Å². The van der Waals surface area contributed by atoms with Crippen LogP contribution in [0.15, 0.2) is 18.2 Å². The number of hydrogen-bond acceptors (Lipinski definition) is 2. The van der Waals surface area contributed by atoms with Crippen LogP contribution >= 0.6 is 0 Å². The Hall–Kier alpha value is -1.44. The number of alkyl halides is 6. The van der Waals surface area contributed by atoms with Gasteiger partial charge in [-0.15, -0.1) is 0 Å². The standard InChI is InChI=1S/C12H12F6O2/c1-3-10(19,12(16,17)18)8-6-7(11(13,14)15)4-5-9(8)20-2/h4-6,19H,3H2,1-2H3. The summed E-state index contributed by atoms with van der Waals surface area (Å²) in [6, 6.07) is 1.61. The van der Waals surface area contributed by atoms with E-state index in [0.29, 0.717) is 6.07 Å². The van der Waals surface area contributed by atoms with Crippen LogP contribution in [0, 0.1) is 0 Å². The van der Waals surface area contributed by atoms with E-state index in [1.54, 1.807) is 0 Å². The summed E-state index contributed by atoms with van der Waals surface area (Å²) in [5, 5.41) is 9.76. The molecule has 8 heteroatoms. The van der Waals surface area contributed by atoms with E-state index in [1.165, 1.54) is 0 Å². The van der Waals surface area contributed by atoms with Crippen molar-refractivity contribution in [1.82, 2.24) is 0 Å². The summed E-state index contributed by atoms with van der Waals surface area (Å²) in [6.07, 6.45) is -10.8. The molecule has 0 radical (unpaired) electrons. The normalized spacial score (nSPS) is 15.8. The highest BCUT2D eigenvalue weighted by atomic mass is 19.4. The lowest BCUT2D eigenvalue weighted by atomic mass is 9.88. The first-order chi connectivity index (χ1) is 8.97. The highest BCUT2D eigenvalue weighted by Gasteiger charge is 2.55. The Labute approximate surface area is 111 Å². The fourth-order valence-corrected chi connectivity index (χ4v) is 1.75. The van der Waals surface area contributed by atoms with Crippen molar-refractivity contribution >= 4 is 0 Å². The van der Waals surface area contributed by atoms with E-state index in [9.17, 15) is 31.4 Å². The SMILES string of the molecule is CCC(O)(c1cc(C(F)(F)F)ccc1OC)C(F)(F)F. The molecule has 0 fully saturated rings. The molecule has 1 aromatic carbocycles. The molecule has 1 aromatic rings. The van der Waals surface area contributed by atoms with Crippen LogP contribution in [0.1, 0.15) is 24.5 Å². The van der Waals surface area contributed by atoms with Crippen LogP contribution in [-0.2, 0) is 11.8 Å². The van der Waals surface area contributed by atoms with Gasteiger partial charge in [-0.3, -0.25) is 0 Å². The predicted octanol–water partition coefficient (Wildman–Crippen LogP) is 3.87. The molecule has 0 aliphatic carbocycles. The van der Waals surface area contributed by atoms with E-state index in [2.05, 4.69) is 4.74 Å². The maximum absolute atomic E-state index is 12.9. The molecule has 1 N–H and O–H groups in total. The lowest BCUT2D eigenvalue weighted by molar-refractivity contribution is -0.268. The van der Waals surface area contributed by atoms with Crippen LogP contribution in [0.4, 0.5) is 26.3 Å². The van der Waals surface area contributed by atoms with Gasteiger partial charge in [0.2, 0.25) is 0 Å². The second kappa shape index (κ2) is 5.16. The van der Waals surface area contributed by atoms with Gasteiger partial charge in [-0.1, -0.05) is 6.92 Å². The van der Waals surface area contributed by atoms with Crippen molar-refractivity contribution in [3.63, 3.8) is 0 Å². The fourth-order valence-electron chi connectivity index (χ4n) is 1.75. The molecule has 1 unspecified atom stereocenters. The smallest absolute Gasteiger partial charge is 0.421 e. The van der Waals surface area contributed by atoms with Crippen molar-refractivity contribution in [3.05, 3.63) is 29.3 Å². The van der Waals surface area contributed by atoms with E-state index in [0.717, 1.165) is 20.1 Å². The molecule has 0 aromatic heterocycles. The summed E-state index contributed by atoms with van der Waals surface area (Å²) in [6.45, 7) is 1.02. The Morgan fingerprint density at radius 3 is 2.00 bits per heavy atom. The van der Waals surface area contributed by atoms with Crippen LogP contribution in [0.2, 0.25) is 0 Å².